The van der Waals surface area contributed by atoms with Crippen LogP contribution in [0, 0.1) is 0 Å². The Morgan fingerprint density at radius 3 is 2.41 bits per heavy atom. The Labute approximate surface area is 173 Å². The number of hydrogen-bond donors (Lipinski definition) is 2. The largest absolute Gasteiger partial charge is 0.444 e. The average molecular weight is 412 g/mol. The van der Waals surface area contributed by atoms with Crippen molar-refractivity contribution in [3.63, 3.8) is 0 Å². The second-order valence-electron chi connectivity index (χ2n) is 9.52. The number of nitrogens with one attached hydrogen (secondary N) is 1. The lowest BCUT2D eigenvalue weighted by Gasteiger charge is -2.45. The number of likely N-dealkylation sites (tertiary alicyclic amines) is 1. The fourth-order valence-corrected chi connectivity index (χ4v) is 4.25. The van der Waals surface area contributed by atoms with Crippen molar-refractivity contribution in [2.24, 2.45) is 0 Å². The van der Waals surface area contributed by atoms with E-state index in [1.54, 1.807) is 32.7 Å². The summed E-state index contributed by atoms with van der Waals surface area (Å²) in [5.41, 5.74) is -1.81. The average Bonchev–Trinajstić information content (AvgIpc) is 2.94. The monoisotopic (exact) mass is 411 g/mol. The molecule has 29 heavy (non-hydrogen) atoms. The van der Waals surface area contributed by atoms with E-state index in [1.165, 1.54) is 4.90 Å². The van der Waals surface area contributed by atoms with Crippen molar-refractivity contribution >= 4 is 18.3 Å². The summed E-state index contributed by atoms with van der Waals surface area (Å²) in [4.78, 5) is 41.2. The third-order valence-corrected chi connectivity index (χ3v) is 6.40. The van der Waals surface area contributed by atoms with Crippen molar-refractivity contribution in [2.45, 2.75) is 102 Å². The van der Waals surface area contributed by atoms with Gasteiger partial charge in [-0.3, -0.25) is 14.6 Å². The lowest BCUT2D eigenvalue weighted by molar-refractivity contribution is -0.133. The zero-order chi connectivity index (χ0) is 22.0. The molecule has 2 rings (SSSR count). The first-order valence-electron chi connectivity index (χ1n) is 10.6. The van der Waals surface area contributed by atoms with Gasteiger partial charge >= 0.3 is 6.09 Å². The molecule has 1 aliphatic carbocycles. The third kappa shape index (κ3) is 4.91. The summed E-state index contributed by atoms with van der Waals surface area (Å²) in [6, 6.07) is -1.28. The van der Waals surface area contributed by atoms with E-state index in [0.29, 0.717) is 12.8 Å². The molecule has 0 bridgehead atoms. The van der Waals surface area contributed by atoms with Crippen LogP contribution in [0.2, 0.25) is 0 Å². The van der Waals surface area contributed by atoms with Gasteiger partial charge in [0, 0.05) is 18.1 Å². The molecule has 0 aromatic carbocycles. The van der Waals surface area contributed by atoms with Crippen LogP contribution in [0.5, 0.6) is 0 Å². The number of likely N-dealkylation sites (N-methyl/N-ethyl adjacent to an activating group) is 1. The summed E-state index contributed by atoms with van der Waals surface area (Å²) in [7, 11) is 1.72. The van der Waals surface area contributed by atoms with Gasteiger partial charge in [-0.15, -0.1) is 0 Å². The van der Waals surface area contributed by atoms with Gasteiger partial charge in [-0.2, -0.15) is 0 Å². The van der Waals surface area contributed by atoms with E-state index >= 15 is 0 Å². The molecule has 0 aromatic heterocycles. The van der Waals surface area contributed by atoms with E-state index in [1.807, 2.05) is 13.8 Å². The second-order valence-corrected chi connectivity index (χ2v) is 9.52. The maximum atomic E-state index is 12.9. The number of aliphatic hydroxyl groups is 1. The number of carbonyl (C=O) groups is 3. The molecule has 4 unspecified atom stereocenters. The van der Waals surface area contributed by atoms with Crippen LogP contribution in [0.25, 0.3) is 0 Å². The molecular formula is C21H37N3O5. The maximum absolute atomic E-state index is 12.9. The number of aliphatic hydroxyl groups excluding tert-OH is 1. The van der Waals surface area contributed by atoms with Gasteiger partial charge in [0.25, 0.3) is 0 Å². The highest BCUT2D eigenvalue weighted by Crippen LogP contribution is 2.38. The number of amides is 2. The SMILES string of the molecule is CC1CCC(C=O)(C(C)N(C)C(CO)C(=O)NC2CCC2)N1C(=O)OC(C)(C)C. The zero-order valence-electron chi connectivity index (χ0n) is 18.6. The zero-order valence-corrected chi connectivity index (χ0v) is 18.6. The predicted molar refractivity (Wildman–Crippen MR) is 109 cm³/mol. The van der Waals surface area contributed by atoms with Gasteiger partial charge in [-0.25, -0.2) is 4.79 Å². The lowest BCUT2D eigenvalue weighted by atomic mass is 9.87. The van der Waals surface area contributed by atoms with E-state index in [-0.39, 0.29) is 24.6 Å². The minimum absolute atomic E-state index is 0.157. The Kier molecular flexibility index (Phi) is 7.32. The van der Waals surface area contributed by atoms with Crippen LogP contribution >= 0.6 is 0 Å². The molecule has 0 aromatic rings. The van der Waals surface area contributed by atoms with Crippen molar-refractivity contribution in [1.29, 1.82) is 0 Å². The number of hydrogen-bond acceptors (Lipinski definition) is 6. The molecule has 0 spiro atoms. The van der Waals surface area contributed by atoms with E-state index in [4.69, 9.17) is 4.74 Å². The molecule has 4 atom stereocenters. The van der Waals surface area contributed by atoms with Gasteiger partial charge in [0.2, 0.25) is 5.91 Å². The Balaban J connectivity index is 2.24. The molecule has 1 aliphatic heterocycles. The standard InChI is InChI=1S/C21H37N3O5/c1-14-10-11-21(13-26,24(14)19(28)29-20(3,4)5)15(2)23(6)17(12-25)18(27)22-16-8-7-9-16/h13-17,25H,7-12H2,1-6H3,(H,22,27). The molecule has 2 aliphatic rings. The van der Waals surface area contributed by atoms with Crippen LogP contribution in [-0.4, -0.2) is 82.2 Å². The summed E-state index contributed by atoms with van der Waals surface area (Å²) >= 11 is 0. The molecule has 1 saturated heterocycles. The van der Waals surface area contributed by atoms with Crippen molar-refractivity contribution in [3.05, 3.63) is 0 Å². The van der Waals surface area contributed by atoms with Gasteiger partial charge in [0.05, 0.1) is 6.61 Å². The molecule has 1 saturated carbocycles. The predicted octanol–water partition coefficient (Wildman–Crippen LogP) is 1.69. The molecule has 0 radical (unpaired) electrons. The van der Waals surface area contributed by atoms with Gasteiger partial charge in [0.15, 0.2) is 0 Å². The minimum Gasteiger partial charge on any atom is -0.444 e. The first-order chi connectivity index (χ1) is 13.5. The first kappa shape index (κ1) is 23.6. The Morgan fingerprint density at radius 2 is 1.97 bits per heavy atom. The highest BCUT2D eigenvalue weighted by molar-refractivity contribution is 5.83. The molecule has 166 valence electrons. The number of rotatable bonds is 7. The lowest BCUT2D eigenvalue weighted by Crippen LogP contribution is -2.65. The van der Waals surface area contributed by atoms with E-state index < -0.39 is 29.3 Å². The minimum atomic E-state index is -1.12. The number of nitrogens with zero attached hydrogens (tertiary/aromatic N) is 2. The number of ether oxygens (including phenoxy) is 1. The van der Waals surface area contributed by atoms with Gasteiger partial charge in [-0.1, -0.05) is 0 Å². The molecule has 2 fully saturated rings. The van der Waals surface area contributed by atoms with Crippen LogP contribution in [0.4, 0.5) is 4.79 Å². The summed E-state index contributed by atoms with van der Waals surface area (Å²) in [5, 5.41) is 12.9. The van der Waals surface area contributed by atoms with E-state index in [2.05, 4.69) is 5.32 Å². The van der Waals surface area contributed by atoms with Crippen LogP contribution in [0.3, 0.4) is 0 Å². The topological polar surface area (TPSA) is 99.2 Å². The smallest absolute Gasteiger partial charge is 0.411 e. The summed E-state index contributed by atoms with van der Waals surface area (Å²) in [5.74, 6) is -0.248. The third-order valence-electron chi connectivity index (χ3n) is 6.40. The van der Waals surface area contributed by atoms with Crippen LogP contribution in [0.15, 0.2) is 0 Å². The number of carbonyl (C=O) groups excluding carboxylic acids is 3. The van der Waals surface area contributed by atoms with Crippen LogP contribution in [-0.2, 0) is 14.3 Å². The van der Waals surface area contributed by atoms with Crippen LogP contribution in [0.1, 0.15) is 66.7 Å². The Bertz CT molecular complexity index is 616. The highest BCUT2D eigenvalue weighted by Gasteiger charge is 2.54. The molecule has 1 heterocycles. The molecule has 8 heteroatoms. The van der Waals surface area contributed by atoms with Crippen molar-refractivity contribution in [3.8, 4) is 0 Å². The van der Waals surface area contributed by atoms with Crippen molar-refractivity contribution < 1.29 is 24.2 Å². The Morgan fingerprint density at radius 1 is 1.34 bits per heavy atom. The molecule has 8 nitrogen and oxygen atoms in total. The summed E-state index contributed by atoms with van der Waals surface area (Å²) in [6.07, 6.45) is 4.41. The maximum Gasteiger partial charge on any atom is 0.411 e. The van der Waals surface area contributed by atoms with E-state index in [9.17, 15) is 19.5 Å². The second kappa shape index (κ2) is 9.00. The summed E-state index contributed by atoms with van der Waals surface area (Å²) < 4.78 is 5.57. The Hall–Kier alpha value is -1.67. The molecule has 2 amide bonds. The van der Waals surface area contributed by atoms with Gasteiger partial charge in [0.1, 0.15) is 23.5 Å². The first-order valence-corrected chi connectivity index (χ1v) is 10.6. The quantitative estimate of drug-likeness (QED) is 0.619. The van der Waals surface area contributed by atoms with E-state index in [0.717, 1.165) is 25.5 Å². The molecule has 2 N–H and O–H groups in total. The number of aldehydes is 1. The summed E-state index contributed by atoms with van der Waals surface area (Å²) in [6.45, 7) is 8.72. The fourth-order valence-electron chi connectivity index (χ4n) is 4.25. The normalized spacial score (nSPS) is 27.3. The van der Waals surface area contributed by atoms with Crippen LogP contribution < -0.4 is 5.32 Å². The highest BCUT2D eigenvalue weighted by atomic mass is 16.6. The van der Waals surface area contributed by atoms with Crippen molar-refractivity contribution in [2.75, 3.05) is 13.7 Å². The molecular weight excluding hydrogens is 374 g/mol. The fraction of sp³-hybridized carbons (Fsp3) is 0.857. The van der Waals surface area contributed by atoms with Crippen molar-refractivity contribution in [1.82, 2.24) is 15.1 Å². The van der Waals surface area contributed by atoms with Gasteiger partial charge in [-0.05, 0) is 73.8 Å². The van der Waals surface area contributed by atoms with Gasteiger partial charge < -0.3 is 20.0 Å².